The van der Waals surface area contributed by atoms with E-state index in [1.54, 1.807) is 12.1 Å². The summed E-state index contributed by atoms with van der Waals surface area (Å²) in [4.78, 5) is 6.22. The molecule has 0 radical (unpaired) electrons. The van der Waals surface area contributed by atoms with Crippen molar-refractivity contribution in [3.63, 3.8) is 0 Å². The maximum Gasteiger partial charge on any atom is 0.140 e. The number of rotatable bonds is 5. The maximum absolute atomic E-state index is 9.03. The van der Waals surface area contributed by atoms with Crippen LogP contribution in [0.3, 0.4) is 0 Å². The molecule has 90 valence electrons. The molecule has 1 heterocycles. The van der Waals surface area contributed by atoms with E-state index in [1.165, 1.54) is 0 Å². The topological polar surface area (TPSA) is 74.4 Å². The zero-order chi connectivity index (χ0) is 12.1. The van der Waals surface area contributed by atoms with Gasteiger partial charge in [-0.25, -0.2) is 10.8 Å². The first-order valence-corrected chi connectivity index (χ1v) is 5.39. The van der Waals surface area contributed by atoms with Crippen molar-refractivity contribution in [3.8, 4) is 0 Å². The SMILES string of the molecule is CC(CO)N(C)Cc1nc(NN)ccc1Cl. The van der Waals surface area contributed by atoms with Crippen molar-refractivity contribution in [2.24, 2.45) is 5.84 Å². The highest BCUT2D eigenvalue weighted by atomic mass is 35.5. The van der Waals surface area contributed by atoms with Gasteiger partial charge in [-0.15, -0.1) is 0 Å². The molecule has 0 aliphatic heterocycles. The summed E-state index contributed by atoms with van der Waals surface area (Å²) in [5.74, 6) is 5.85. The van der Waals surface area contributed by atoms with E-state index in [2.05, 4.69) is 10.4 Å². The fourth-order valence-electron chi connectivity index (χ4n) is 1.21. The number of pyridine rings is 1. The zero-order valence-corrected chi connectivity index (χ0v) is 10.2. The predicted molar refractivity (Wildman–Crippen MR) is 65.1 cm³/mol. The van der Waals surface area contributed by atoms with E-state index in [9.17, 15) is 0 Å². The van der Waals surface area contributed by atoms with E-state index in [1.807, 2.05) is 18.9 Å². The van der Waals surface area contributed by atoms with Gasteiger partial charge in [-0.2, -0.15) is 0 Å². The van der Waals surface area contributed by atoms with E-state index in [-0.39, 0.29) is 12.6 Å². The monoisotopic (exact) mass is 244 g/mol. The lowest BCUT2D eigenvalue weighted by Gasteiger charge is -2.22. The van der Waals surface area contributed by atoms with Crippen LogP contribution >= 0.6 is 11.6 Å². The van der Waals surface area contributed by atoms with Crippen LogP contribution in [-0.4, -0.2) is 34.7 Å². The second kappa shape index (κ2) is 6.00. The third-order valence-corrected chi connectivity index (χ3v) is 2.83. The maximum atomic E-state index is 9.03. The highest BCUT2D eigenvalue weighted by molar-refractivity contribution is 6.31. The Morgan fingerprint density at radius 2 is 2.31 bits per heavy atom. The van der Waals surface area contributed by atoms with Gasteiger partial charge in [0.05, 0.1) is 17.3 Å². The van der Waals surface area contributed by atoms with Crippen LogP contribution in [-0.2, 0) is 6.54 Å². The molecule has 0 aromatic carbocycles. The van der Waals surface area contributed by atoms with Gasteiger partial charge in [0.2, 0.25) is 0 Å². The number of nitrogens with two attached hydrogens (primary N) is 1. The minimum Gasteiger partial charge on any atom is -0.395 e. The number of hydrazine groups is 1. The van der Waals surface area contributed by atoms with Gasteiger partial charge in [0.1, 0.15) is 5.82 Å². The second-order valence-corrected chi connectivity index (χ2v) is 4.12. The Kier molecular flexibility index (Phi) is 4.95. The minimum absolute atomic E-state index is 0.0624. The average Bonchev–Trinajstić information content (AvgIpc) is 2.30. The number of aliphatic hydroxyl groups is 1. The summed E-state index contributed by atoms with van der Waals surface area (Å²) in [7, 11) is 1.90. The molecule has 0 fully saturated rings. The lowest BCUT2D eigenvalue weighted by molar-refractivity contribution is 0.153. The third-order valence-electron chi connectivity index (χ3n) is 2.48. The normalized spacial score (nSPS) is 12.9. The van der Waals surface area contributed by atoms with Crippen LogP contribution in [0.1, 0.15) is 12.6 Å². The Bertz CT molecular complexity index is 348. The lowest BCUT2D eigenvalue weighted by Crippen LogP contribution is -2.31. The Labute approximate surface area is 100 Å². The summed E-state index contributed by atoms with van der Waals surface area (Å²) in [6.07, 6.45) is 0. The summed E-state index contributed by atoms with van der Waals surface area (Å²) < 4.78 is 0. The third kappa shape index (κ3) is 3.31. The molecule has 1 atom stereocenters. The molecule has 0 bridgehead atoms. The number of aliphatic hydroxyl groups excluding tert-OH is 1. The van der Waals surface area contributed by atoms with Crippen LogP contribution in [0, 0.1) is 0 Å². The first-order valence-electron chi connectivity index (χ1n) is 5.01. The minimum atomic E-state index is 0.0624. The van der Waals surface area contributed by atoms with E-state index < -0.39 is 0 Å². The lowest BCUT2D eigenvalue weighted by atomic mass is 10.2. The molecule has 0 saturated heterocycles. The number of aromatic nitrogens is 1. The highest BCUT2D eigenvalue weighted by Crippen LogP contribution is 2.18. The average molecular weight is 245 g/mol. The van der Waals surface area contributed by atoms with Crippen LogP contribution < -0.4 is 11.3 Å². The highest BCUT2D eigenvalue weighted by Gasteiger charge is 2.11. The van der Waals surface area contributed by atoms with Crippen LogP contribution in [0.4, 0.5) is 5.82 Å². The molecular weight excluding hydrogens is 228 g/mol. The number of nitrogen functional groups attached to an aromatic ring is 1. The number of nitrogens with one attached hydrogen (secondary N) is 1. The number of hydrogen-bond donors (Lipinski definition) is 3. The van der Waals surface area contributed by atoms with Crippen LogP contribution in [0.2, 0.25) is 5.02 Å². The quantitative estimate of drug-likeness (QED) is 0.529. The van der Waals surface area contributed by atoms with Crippen molar-refractivity contribution in [1.82, 2.24) is 9.88 Å². The molecule has 0 amide bonds. The molecule has 1 unspecified atom stereocenters. The van der Waals surface area contributed by atoms with Gasteiger partial charge in [0, 0.05) is 12.6 Å². The van der Waals surface area contributed by atoms with Crippen molar-refractivity contribution < 1.29 is 5.11 Å². The number of anilines is 1. The molecular formula is C10H17ClN4O. The molecule has 1 aromatic heterocycles. The van der Waals surface area contributed by atoms with E-state index in [4.69, 9.17) is 22.6 Å². The number of nitrogens with zero attached hydrogens (tertiary/aromatic N) is 2. The molecule has 4 N–H and O–H groups in total. The molecule has 0 aliphatic carbocycles. The molecule has 0 saturated carbocycles. The Hall–Kier alpha value is -0.880. The van der Waals surface area contributed by atoms with Crippen molar-refractivity contribution in [3.05, 3.63) is 22.8 Å². The predicted octanol–water partition coefficient (Wildman–Crippen LogP) is 0.833. The summed E-state index contributed by atoms with van der Waals surface area (Å²) in [5.41, 5.74) is 3.21. The van der Waals surface area contributed by atoms with Crippen molar-refractivity contribution in [2.75, 3.05) is 19.1 Å². The number of likely N-dealkylation sites (N-methyl/N-ethyl adjacent to an activating group) is 1. The number of hydrogen-bond acceptors (Lipinski definition) is 5. The van der Waals surface area contributed by atoms with Crippen LogP contribution in [0.5, 0.6) is 0 Å². The van der Waals surface area contributed by atoms with Crippen LogP contribution in [0.25, 0.3) is 0 Å². The molecule has 1 aromatic rings. The fraction of sp³-hybridized carbons (Fsp3) is 0.500. The Morgan fingerprint density at radius 1 is 1.62 bits per heavy atom. The standard InChI is InChI=1S/C10H17ClN4O/c1-7(6-16)15(2)5-9-8(11)3-4-10(13-9)14-12/h3-4,7,16H,5-6,12H2,1-2H3,(H,13,14). The zero-order valence-electron chi connectivity index (χ0n) is 9.44. The molecule has 0 spiro atoms. The summed E-state index contributed by atoms with van der Waals surface area (Å²) >= 11 is 6.02. The summed E-state index contributed by atoms with van der Waals surface area (Å²) in [5, 5.41) is 9.62. The van der Waals surface area contributed by atoms with Gasteiger partial charge >= 0.3 is 0 Å². The van der Waals surface area contributed by atoms with E-state index in [0.29, 0.717) is 17.4 Å². The first-order chi connectivity index (χ1) is 7.58. The van der Waals surface area contributed by atoms with Crippen molar-refractivity contribution in [1.29, 1.82) is 0 Å². The summed E-state index contributed by atoms with van der Waals surface area (Å²) in [6.45, 7) is 2.60. The fourth-order valence-corrected chi connectivity index (χ4v) is 1.37. The second-order valence-electron chi connectivity index (χ2n) is 3.72. The molecule has 16 heavy (non-hydrogen) atoms. The number of halogens is 1. The van der Waals surface area contributed by atoms with Gasteiger partial charge in [-0.1, -0.05) is 11.6 Å². The van der Waals surface area contributed by atoms with Crippen molar-refractivity contribution in [2.45, 2.75) is 19.5 Å². The first kappa shape index (κ1) is 13.2. The Balaban J connectivity index is 2.79. The molecule has 1 rings (SSSR count). The van der Waals surface area contributed by atoms with E-state index >= 15 is 0 Å². The van der Waals surface area contributed by atoms with Gasteiger partial charge < -0.3 is 10.5 Å². The van der Waals surface area contributed by atoms with E-state index in [0.717, 1.165) is 5.69 Å². The van der Waals surface area contributed by atoms with Crippen LogP contribution in [0.15, 0.2) is 12.1 Å². The smallest absolute Gasteiger partial charge is 0.140 e. The molecule has 0 aliphatic rings. The molecule has 5 nitrogen and oxygen atoms in total. The van der Waals surface area contributed by atoms with Gasteiger partial charge in [-0.05, 0) is 26.1 Å². The van der Waals surface area contributed by atoms with Gasteiger partial charge in [0.15, 0.2) is 0 Å². The largest absolute Gasteiger partial charge is 0.395 e. The Morgan fingerprint density at radius 3 is 2.88 bits per heavy atom. The van der Waals surface area contributed by atoms with Gasteiger partial charge in [0.25, 0.3) is 0 Å². The van der Waals surface area contributed by atoms with Crippen molar-refractivity contribution >= 4 is 17.4 Å². The molecule has 6 heteroatoms. The summed E-state index contributed by atoms with van der Waals surface area (Å²) in [6, 6.07) is 3.52. The van der Waals surface area contributed by atoms with Gasteiger partial charge in [-0.3, -0.25) is 4.90 Å².